The minimum Gasteiger partial charge on any atom is -0.497 e. The van der Waals surface area contributed by atoms with E-state index in [4.69, 9.17) is 10.3 Å². The average molecular weight is 296 g/mol. The van der Waals surface area contributed by atoms with E-state index in [-0.39, 0.29) is 6.04 Å². The summed E-state index contributed by atoms with van der Waals surface area (Å²) >= 11 is 0. The van der Waals surface area contributed by atoms with Gasteiger partial charge in [0.05, 0.1) is 7.11 Å². The van der Waals surface area contributed by atoms with Gasteiger partial charge in [0.15, 0.2) is 0 Å². The molecule has 22 heavy (non-hydrogen) atoms. The molecule has 0 spiro atoms. The number of nitrogens with one attached hydrogen (secondary N) is 1. The molecule has 0 unspecified atom stereocenters. The quantitative estimate of drug-likeness (QED) is 0.458. The molecule has 0 aliphatic rings. The first kappa shape index (κ1) is 15.9. The van der Waals surface area contributed by atoms with Crippen molar-refractivity contribution in [1.29, 1.82) is 0 Å². The highest BCUT2D eigenvalue weighted by Crippen LogP contribution is 2.11. The van der Waals surface area contributed by atoms with Gasteiger partial charge >= 0.3 is 0 Å². The van der Waals surface area contributed by atoms with E-state index in [2.05, 4.69) is 27.5 Å². The van der Waals surface area contributed by atoms with Crippen LogP contribution < -0.4 is 10.1 Å². The number of nitrogens with zero attached hydrogens (tertiary/aromatic N) is 3. The number of benzene rings is 2. The predicted octanol–water partition coefficient (Wildman–Crippen LogP) is 3.71. The fraction of sp³-hybridized carbons (Fsp3) is 0.294. The lowest BCUT2D eigenvalue weighted by molar-refractivity contribution is 0.414. The molecule has 2 aromatic rings. The Morgan fingerprint density at radius 1 is 1.09 bits per heavy atom. The lowest BCUT2D eigenvalue weighted by Gasteiger charge is -2.17. The summed E-state index contributed by atoms with van der Waals surface area (Å²) in [6.45, 7) is 1.16. The third-order valence-electron chi connectivity index (χ3n) is 3.44. The Balaban J connectivity index is 1.95. The van der Waals surface area contributed by atoms with Crippen LogP contribution in [0.15, 0.2) is 59.7 Å². The molecule has 0 radical (unpaired) electrons. The monoisotopic (exact) mass is 296 g/mol. The zero-order chi connectivity index (χ0) is 15.6. The van der Waals surface area contributed by atoms with Crippen molar-refractivity contribution in [3.8, 4) is 5.75 Å². The van der Waals surface area contributed by atoms with E-state index in [0.717, 1.165) is 18.7 Å². The molecule has 1 atom stereocenters. The largest absolute Gasteiger partial charge is 0.497 e. The van der Waals surface area contributed by atoms with Gasteiger partial charge < -0.3 is 10.1 Å². The van der Waals surface area contributed by atoms with Crippen LogP contribution in [-0.2, 0) is 13.0 Å². The van der Waals surface area contributed by atoms with Gasteiger partial charge in [-0.3, -0.25) is 0 Å². The van der Waals surface area contributed by atoms with Crippen LogP contribution in [0.1, 0.15) is 11.1 Å². The van der Waals surface area contributed by atoms with Crippen LogP contribution in [0.3, 0.4) is 0 Å². The van der Waals surface area contributed by atoms with E-state index in [1.807, 2.05) is 42.5 Å². The van der Waals surface area contributed by atoms with Gasteiger partial charge in [0.1, 0.15) is 5.75 Å². The first-order valence-corrected chi connectivity index (χ1v) is 7.23. The molecular formula is C17H20N4O. The van der Waals surface area contributed by atoms with Crippen LogP contribution in [0.4, 0.5) is 0 Å². The Morgan fingerprint density at radius 2 is 1.82 bits per heavy atom. The lowest BCUT2D eigenvalue weighted by atomic mass is 10.1. The standard InChI is InChI=1S/C17H20N4O/c1-22-17-9-7-15(8-10-17)12-19-16(13-20-21-18)11-14-5-3-2-4-6-14/h2-10,16,19H,11-13H2,1H3/t16-/m0/s1. The van der Waals surface area contributed by atoms with Crippen molar-refractivity contribution >= 4 is 0 Å². The fourth-order valence-corrected chi connectivity index (χ4v) is 2.24. The number of methoxy groups -OCH3 is 1. The van der Waals surface area contributed by atoms with Gasteiger partial charge in [-0.15, -0.1) is 0 Å². The summed E-state index contributed by atoms with van der Waals surface area (Å²) in [4.78, 5) is 2.86. The first-order chi connectivity index (χ1) is 10.8. The third kappa shape index (κ3) is 5.13. The topological polar surface area (TPSA) is 70.0 Å². The number of hydrogen-bond acceptors (Lipinski definition) is 3. The second-order valence-electron chi connectivity index (χ2n) is 5.03. The summed E-state index contributed by atoms with van der Waals surface area (Å²) in [5.41, 5.74) is 10.9. The van der Waals surface area contributed by atoms with Crippen molar-refractivity contribution in [3.63, 3.8) is 0 Å². The molecule has 0 heterocycles. The highest BCUT2D eigenvalue weighted by atomic mass is 16.5. The lowest BCUT2D eigenvalue weighted by Crippen LogP contribution is -2.33. The average Bonchev–Trinajstić information content (AvgIpc) is 2.58. The second-order valence-corrected chi connectivity index (χ2v) is 5.03. The molecule has 0 saturated heterocycles. The summed E-state index contributed by atoms with van der Waals surface area (Å²) in [7, 11) is 1.66. The number of ether oxygens (including phenoxy) is 1. The van der Waals surface area contributed by atoms with Crippen LogP contribution in [0.2, 0.25) is 0 Å². The number of hydrogen-bond donors (Lipinski definition) is 1. The van der Waals surface area contributed by atoms with Crippen LogP contribution in [0, 0.1) is 0 Å². The van der Waals surface area contributed by atoms with Gasteiger partial charge in [0.25, 0.3) is 0 Å². The van der Waals surface area contributed by atoms with E-state index in [1.165, 1.54) is 11.1 Å². The minimum absolute atomic E-state index is 0.111. The Bertz CT molecular complexity index is 606. The molecule has 0 aliphatic heterocycles. The maximum Gasteiger partial charge on any atom is 0.118 e. The molecule has 0 aliphatic carbocycles. The highest BCUT2D eigenvalue weighted by molar-refractivity contribution is 5.27. The molecule has 1 N–H and O–H groups in total. The summed E-state index contributed by atoms with van der Waals surface area (Å²) in [6.07, 6.45) is 0.829. The van der Waals surface area contributed by atoms with Crippen molar-refractivity contribution in [2.75, 3.05) is 13.7 Å². The van der Waals surface area contributed by atoms with Gasteiger partial charge in [0.2, 0.25) is 0 Å². The van der Waals surface area contributed by atoms with E-state index < -0.39 is 0 Å². The van der Waals surface area contributed by atoms with Gasteiger partial charge in [-0.05, 0) is 35.2 Å². The van der Waals surface area contributed by atoms with Crippen LogP contribution >= 0.6 is 0 Å². The first-order valence-electron chi connectivity index (χ1n) is 7.23. The Morgan fingerprint density at radius 3 is 2.45 bits per heavy atom. The Labute approximate surface area is 130 Å². The van der Waals surface area contributed by atoms with Crippen molar-refractivity contribution in [3.05, 3.63) is 76.2 Å². The predicted molar refractivity (Wildman–Crippen MR) is 87.8 cm³/mol. The van der Waals surface area contributed by atoms with Crippen molar-refractivity contribution in [2.45, 2.75) is 19.0 Å². The molecule has 0 fully saturated rings. The minimum atomic E-state index is 0.111. The molecule has 0 bridgehead atoms. The van der Waals surface area contributed by atoms with Gasteiger partial charge in [-0.1, -0.05) is 47.6 Å². The second kappa shape index (κ2) is 8.72. The van der Waals surface area contributed by atoms with E-state index in [9.17, 15) is 0 Å². The Hall–Kier alpha value is -2.49. The van der Waals surface area contributed by atoms with E-state index >= 15 is 0 Å². The van der Waals surface area contributed by atoms with E-state index in [1.54, 1.807) is 7.11 Å². The third-order valence-corrected chi connectivity index (χ3v) is 3.44. The normalized spacial score (nSPS) is 11.5. The van der Waals surface area contributed by atoms with Crippen LogP contribution in [-0.4, -0.2) is 19.7 Å². The number of azide groups is 1. The molecule has 2 rings (SSSR count). The summed E-state index contributed by atoms with van der Waals surface area (Å²) in [5, 5.41) is 7.16. The molecule has 114 valence electrons. The van der Waals surface area contributed by atoms with Crippen LogP contribution in [0.5, 0.6) is 5.75 Å². The summed E-state index contributed by atoms with van der Waals surface area (Å²) < 4.78 is 5.15. The SMILES string of the molecule is COc1ccc(CN[C@H](CN=[N+]=[N-])Cc2ccccc2)cc1. The highest BCUT2D eigenvalue weighted by Gasteiger charge is 2.08. The van der Waals surface area contributed by atoms with E-state index in [0.29, 0.717) is 6.54 Å². The molecular weight excluding hydrogens is 276 g/mol. The summed E-state index contributed by atoms with van der Waals surface area (Å²) in [5.74, 6) is 0.846. The maximum atomic E-state index is 8.54. The fourth-order valence-electron chi connectivity index (χ4n) is 2.24. The molecule has 0 saturated carbocycles. The van der Waals surface area contributed by atoms with Crippen molar-refractivity contribution in [2.24, 2.45) is 5.11 Å². The molecule has 0 aromatic heterocycles. The smallest absolute Gasteiger partial charge is 0.118 e. The van der Waals surface area contributed by atoms with Crippen molar-refractivity contribution < 1.29 is 4.74 Å². The van der Waals surface area contributed by atoms with Crippen LogP contribution in [0.25, 0.3) is 10.4 Å². The van der Waals surface area contributed by atoms with Gasteiger partial charge in [-0.2, -0.15) is 0 Å². The zero-order valence-electron chi connectivity index (χ0n) is 12.6. The summed E-state index contributed by atoms with van der Waals surface area (Å²) in [6, 6.07) is 18.2. The zero-order valence-corrected chi connectivity index (χ0v) is 12.6. The maximum absolute atomic E-state index is 8.54. The molecule has 5 heteroatoms. The molecule has 5 nitrogen and oxygen atoms in total. The molecule has 0 amide bonds. The van der Waals surface area contributed by atoms with Gasteiger partial charge in [-0.25, -0.2) is 0 Å². The van der Waals surface area contributed by atoms with Crippen molar-refractivity contribution in [1.82, 2.24) is 5.32 Å². The Kier molecular flexibility index (Phi) is 6.30. The van der Waals surface area contributed by atoms with Gasteiger partial charge in [0, 0.05) is 24.0 Å². The number of rotatable bonds is 8. The molecule has 2 aromatic carbocycles.